The van der Waals surface area contributed by atoms with E-state index in [0.717, 1.165) is 42.6 Å². The van der Waals surface area contributed by atoms with Gasteiger partial charge in [0.25, 0.3) is 0 Å². The molecule has 1 aromatic rings. The minimum Gasteiger partial charge on any atom is -0.443 e. The van der Waals surface area contributed by atoms with Crippen molar-refractivity contribution in [3.63, 3.8) is 0 Å². The molecule has 0 saturated heterocycles. The lowest BCUT2D eigenvalue weighted by Gasteiger charge is -2.28. The fourth-order valence-corrected chi connectivity index (χ4v) is 2.66. The molecule has 1 aromatic carbocycles. The largest absolute Gasteiger partial charge is 0.443 e. The van der Waals surface area contributed by atoms with Gasteiger partial charge in [-0.3, -0.25) is 4.90 Å². The average Bonchev–Trinajstić information content (AvgIpc) is 3.36. The van der Waals surface area contributed by atoms with Gasteiger partial charge in [-0.25, -0.2) is 9.79 Å². The van der Waals surface area contributed by atoms with Crippen molar-refractivity contribution in [2.24, 2.45) is 10.7 Å². The second kappa shape index (κ2) is 10.1. The van der Waals surface area contributed by atoms with E-state index in [9.17, 15) is 4.79 Å². The molecular formula is C20H33IN4O2. The smallest absolute Gasteiger partial charge is 0.415 e. The van der Waals surface area contributed by atoms with E-state index in [-0.39, 0.29) is 36.1 Å². The molecule has 1 aliphatic carbocycles. The molecule has 1 aliphatic rings. The van der Waals surface area contributed by atoms with E-state index >= 15 is 0 Å². The number of hydrogen-bond acceptors (Lipinski definition) is 3. The maximum atomic E-state index is 12.7. The maximum absolute atomic E-state index is 12.7. The summed E-state index contributed by atoms with van der Waals surface area (Å²) >= 11 is 0. The van der Waals surface area contributed by atoms with Crippen molar-refractivity contribution in [3.8, 4) is 0 Å². The van der Waals surface area contributed by atoms with Gasteiger partial charge in [0.15, 0.2) is 5.96 Å². The summed E-state index contributed by atoms with van der Waals surface area (Å²) < 4.78 is 5.60. The first-order valence-electron chi connectivity index (χ1n) is 9.37. The minimum absolute atomic E-state index is 0. The highest BCUT2D eigenvalue weighted by molar-refractivity contribution is 14.0. The number of anilines is 1. The van der Waals surface area contributed by atoms with Crippen LogP contribution in [0.15, 0.2) is 23.2 Å². The highest BCUT2D eigenvalue weighted by atomic mass is 127. The number of ether oxygens (including phenoxy) is 1. The summed E-state index contributed by atoms with van der Waals surface area (Å²) in [5, 5.41) is 3.06. The van der Waals surface area contributed by atoms with Crippen molar-refractivity contribution in [2.45, 2.75) is 72.1 Å². The van der Waals surface area contributed by atoms with Crippen LogP contribution in [0.1, 0.15) is 58.1 Å². The Morgan fingerprint density at radius 1 is 1.37 bits per heavy atom. The molecular weight excluding hydrogens is 455 g/mol. The van der Waals surface area contributed by atoms with Crippen LogP contribution in [0.4, 0.5) is 10.5 Å². The van der Waals surface area contributed by atoms with E-state index in [1.54, 1.807) is 4.90 Å². The number of nitrogens with one attached hydrogen (secondary N) is 1. The molecule has 0 aliphatic heterocycles. The molecule has 27 heavy (non-hydrogen) atoms. The molecule has 0 atom stereocenters. The molecule has 6 nitrogen and oxygen atoms in total. The van der Waals surface area contributed by atoms with Crippen LogP contribution in [-0.2, 0) is 11.3 Å². The lowest BCUT2D eigenvalue weighted by atomic mass is 10.1. The zero-order valence-electron chi connectivity index (χ0n) is 17.0. The quantitative estimate of drug-likeness (QED) is 0.355. The van der Waals surface area contributed by atoms with Crippen LogP contribution in [0.3, 0.4) is 0 Å². The Hall–Kier alpha value is -1.51. The predicted molar refractivity (Wildman–Crippen MR) is 122 cm³/mol. The Bertz CT molecular complexity index is 666. The Labute approximate surface area is 179 Å². The first-order valence-corrected chi connectivity index (χ1v) is 9.37. The SMILES string of the molecule is CCCNC(N)=NCc1ccc(N(C(=O)OC(C)(C)C)C2CC2)c(C)c1.I. The summed E-state index contributed by atoms with van der Waals surface area (Å²) in [6.07, 6.45) is 2.77. The average molecular weight is 488 g/mol. The van der Waals surface area contributed by atoms with Crippen molar-refractivity contribution in [1.29, 1.82) is 0 Å². The Morgan fingerprint density at radius 2 is 2.04 bits per heavy atom. The Kier molecular flexibility index (Phi) is 8.84. The lowest BCUT2D eigenvalue weighted by Crippen LogP contribution is -2.38. The highest BCUT2D eigenvalue weighted by Gasteiger charge is 2.37. The number of halogens is 1. The zero-order valence-corrected chi connectivity index (χ0v) is 19.4. The molecule has 3 N–H and O–H groups in total. The zero-order chi connectivity index (χ0) is 19.3. The van der Waals surface area contributed by atoms with Gasteiger partial charge < -0.3 is 15.8 Å². The number of hydrogen-bond donors (Lipinski definition) is 2. The van der Waals surface area contributed by atoms with Gasteiger partial charge in [0.05, 0.1) is 12.2 Å². The van der Waals surface area contributed by atoms with Gasteiger partial charge >= 0.3 is 6.09 Å². The van der Waals surface area contributed by atoms with Crippen molar-refractivity contribution in [2.75, 3.05) is 11.4 Å². The number of carbonyl (C=O) groups is 1. The second-order valence-corrected chi connectivity index (χ2v) is 7.83. The number of amides is 1. The summed E-state index contributed by atoms with van der Waals surface area (Å²) in [4.78, 5) is 18.8. The second-order valence-electron chi connectivity index (χ2n) is 7.83. The normalized spacial score (nSPS) is 14.3. The van der Waals surface area contributed by atoms with Crippen molar-refractivity contribution >= 4 is 41.7 Å². The van der Waals surface area contributed by atoms with Gasteiger partial charge in [-0.05, 0) is 64.2 Å². The fraction of sp³-hybridized carbons (Fsp3) is 0.600. The van der Waals surface area contributed by atoms with Gasteiger partial charge in [-0.2, -0.15) is 0 Å². The van der Waals surface area contributed by atoms with E-state index in [2.05, 4.69) is 23.3 Å². The van der Waals surface area contributed by atoms with Gasteiger partial charge in [-0.1, -0.05) is 19.1 Å². The molecule has 0 bridgehead atoms. The number of aryl methyl sites for hydroxylation is 1. The third kappa shape index (κ3) is 7.56. The number of nitrogens with zero attached hydrogens (tertiary/aromatic N) is 2. The minimum atomic E-state index is -0.504. The van der Waals surface area contributed by atoms with E-state index < -0.39 is 5.60 Å². The van der Waals surface area contributed by atoms with E-state index in [1.165, 1.54) is 0 Å². The standard InChI is InChI=1S/C20H32N4O2.HI/c1-6-11-22-18(21)23-13-15-7-10-17(14(2)12-15)24(16-8-9-16)19(25)26-20(3,4)5;/h7,10,12,16H,6,8-9,11,13H2,1-5H3,(H3,21,22,23);1H. The third-order valence-electron chi connectivity index (χ3n) is 4.01. The number of benzene rings is 1. The molecule has 7 heteroatoms. The van der Waals surface area contributed by atoms with Gasteiger partial charge in [0, 0.05) is 12.6 Å². The predicted octanol–water partition coefficient (Wildman–Crippen LogP) is 4.33. The summed E-state index contributed by atoms with van der Waals surface area (Å²) in [6, 6.07) is 6.28. The van der Waals surface area contributed by atoms with Crippen molar-refractivity contribution in [1.82, 2.24) is 5.32 Å². The molecule has 0 heterocycles. The first kappa shape index (κ1) is 23.5. The molecule has 0 spiro atoms. The Balaban J connectivity index is 0.00000364. The maximum Gasteiger partial charge on any atom is 0.415 e. The van der Waals surface area contributed by atoms with Crippen LogP contribution in [0.5, 0.6) is 0 Å². The highest BCUT2D eigenvalue weighted by Crippen LogP contribution is 2.35. The number of aliphatic imine (C=N–C) groups is 1. The van der Waals surface area contributed by atoms with E-state index in [0.29, 0.717) is 12.5 Å². The number of nitrogens with two attached hydrogens (primary N) is 1. The summed E-state index contributed by atoms with van der Waals surface area (Å²) in [6.45, 7) is 11.1. The molecule has 2 rings (SSSR count). The summed E-state index contributed by atoms with van der Waals surface area (Å²) in [5.41, 5.74) is 8.34. The van der Waals surface area contributed by atoms with Crippen LogP contribution in [0.25, 0.3) is 0 Å². The number of guanidine groups is 1. The summed E-state index contributed by atoms with van der Waals surface area (Å²) in [7, 11) is 0. The van der Waals surface area contributed by atoms with E-state index in [1.807, 2.05) is 39.8 Å². The molecule has 0 radical (unpaired) electrons. The summed E-state index contributed by atoms with van der Waals surface area (Å²) in [5.74, 6) is 0.460. The molecule has 1 amide bonds. The topological polar surface area (TPSA) is 80.0 Å². The van der Waals surface area contributed by atoms with Crippen LogP contribution in [0, 0.1) is 6.92 Å². The molecule has 1 fully saturated rings. The molecule has 1 saturated carbocycles. The molecule has 0 unspecified atom stereocenters. The molecule has 0 aromatic heterocycles. The monoisotopic (exact) mass is 488 g/mol. The van der Waals surface area contributed by atoms with Crippen LogP contribution >= 0.6 is 24.0 Å². The van der Waals surface area contributed by atoms with Crippen LogP contribution in [-0.4, -0.2) is 30.2 Å². The van der Waals surface area contributed by atoms with E-state index in [4.69, 9.17) is 10.5 Å². The van der Waals surface area contributed by atoms with Crippen molar-refractivity contribution in [3.05, 3.63) is 29.3 Å². The first-order chi connectivity index (χ1) is 12.2. The van der Waals surface area contributed by atoms with Crippen LogP contribution in [0.2, 0.25) is 0 Å². The molecule has 152 valence electrons. The number of rotatable bonds is 6. The Morgan fingerprint density at radius 3 is 2.56 bits per heavy atom. The van der Waals surface area contributed by atoms with Gasteiger partial charge in [-0.15, -0.1) is 24.0 Å². The number of carbonyl (C=O) groups excluding carboxylic acids is 1. The van der Waals surface area contributed by atoms with Gasteiger partial charge in [0.1, 0.15) is 5.60 Å². The van der Waals surface area contributed by atoms with Crippen LogP contribution < -0.4 is 16.0 Å². The van der Waals surface area contributed by atoms with Crippen molar-refractivity contribution < 1.29 is 9.53 Å². The van der Waals surface area contributed by atoms with Gasteiger partial charge in [0.2, 0.25) is 0 Å². The third-order valence-corrected chi connectivity index (χ3v) is 4.01. The fourth-order valence-electron chi connectivity index (χ4n) is 2.66. The lowest BCUT2D eigenvalue weighted by molar-refractivity contribution is 0.0577.